The van der Waals surface area contributed by atoms with E-state index < -0.39 is 5.97 Å². The van der Waals surface area contributed by atoms with Crippen LogP contribution >= 0.6 is 11.3 Å². The Morgan fingerprint density at radius 3 is 2.48 bits per heavy atom. The first-order valence-corrected chi connectivity index (χ1v) is 8.48. The van der Waals surface area contributed by atoms with E-state index in [0.717, 1.165) is 17.0 Å². The number of carbonyl (C=O) groups excluding carboxylic acids is 2. The Balaban J connectivity index is 2.15. The van der Waals surface area contributed by atoms with Crippen LogP contribution in [-0.2, 0) is 24.1 Å². The number of methoxy groups -OCH3 is 1. The van der Waals surface area contributed by atoms with Crippen molar-refractivity contribution in [2.45, 2.75) is 40.2 Å². The lowest BCUT2D eigenvalue weighted by Crippen LogP contribution is -2.23. The van der Waals surface area contributed by atoms with E-state index in [1.54, 1.807) is 18.3 Å². The number of rotatable bonds is 6. The molecule has 0 fully saturated rings. The van der Waals surface area contributed by atoms with Crippen molar-refractivity contribution in [1.29, 1.82) is 0 Å². The molecule has 2 aromatic rings. The maximum absolute atomic E-state index is 12.4. The van der Waals surface area contributed by atoms with Gasteiger partial charge < -0.3 is 15.0 Å². The number of nitrogens with one attached hydrogen (secondary N) is 2. The van der Waals surface area contributed by atoms with Crippen LogP contribution in [0.1, 0.15) is 55.7 Å². The topological polar surface area (TPSA) is 71.2 Å². The lowest BCUT2D eigenvalue weighted by atomic mass is 10.1. The Labute approximate surface area is 140 Å². The van der Waals surface area contributed by atoms with Crippen LogP contribution < -0.4 is 5.32 Å². The molecule has 2 aromatic heterocycles. The van der Waals surface area contributed by atoms with E-state index >= 15 is 0 Å². The molecule has 0 aliphatic rings. The third-order valence-corrected chi connectivity index (χ3v) is 5.02. The Hall–Kier alpha value is -2.08. The molecule has 1 amide bonds. The fourth-order valence-electron chi connectivity index (χ4n) is 2.49. The van der Waals surface area contributed by atoms with Crippen LogP contribution in [0, 0.1) is 6.92 Å². The summed E-state index contributed by atoms with van der Waals surface area (Å²) in [4.78, 5) is 29.8. The van der Waals surface area contributed by atoms with E-state index in [0.29, 0.717) is 29.8 Å². The number of H-pyrrole nitrogens is 1. The second-order valence-electron chi connectivity index (χ2n) is 5.23. The molecule has 2 heterocycles. The molecule has 0 aromatic carbocycles. The van der Waals surface area contributed by atoms with Crippen LogP contribution in [0.15, 0.2) is 12.1 Å². The largest absolute Gasteiger partial charge is 0.465 e. The minimum Gasteiger partial charge on any atom is -0.465 e. The second-order valence-corrected chi connectivity index (χ2v) is 6.48. The number of carbonyl (C=O) groups is 2. The zero-order valence-electron chi connectivity index (χ0n) is 13.9. The van der Waals surface area contributed by atoms with Crippen molar-refractivity contribution in [3.05, 3.63) is 44.4 Å². The van der Waals surface area contributed by atoms with Gasteiger partial charge in [-0.3, -0.25) is 4.79 Å². The van der Waals surface area contributed by atoms with E-state index in [2.05, 4.69) is 23.3 Å². The Bertz CT molecular complexity index is 715. The van der Waals surface area contributed by atoms with Gasteiger partial charge in [-0.1, -0.05) is 13.8 Å². The van der Waals surface area contributed by atoms with Crippen LogP contribution in [0.3, 0.4) is 0 Å². The molecule has 0 radical (unpaired) electrons. The van der Waals surface area contributed by atoms with Crippen LogP contribution in [0.25, 0.3) is 0 Å². The average molecular weight is 334 g/mol. The highest BCUT2D eigenvalue weighted by molar-refractivity contribution is 7.11. The zero-order chi connectivity index (χ0) is 17.0. The summed E-state index contributed by atoms with van der Waals surface area (Å²) < 4.78 is 4.81. The summed E-state index contributed by atoms with van der Waals surface area (Å²) in [5.74, 6) is -0.626. The molecule has 0 saturated carbocycles. The second kappa shape index (κ2) is 7.46. The lowest BCUT2D eigenvalue weighted by molar-refractivity contribution is 0.0599. The van der Waals surface area contributed by atoms with Gasteiger partial charge in [0.25, 0.3) is 5.91 Å². The molecule has 6 heteroatoms. The molecular formula is C17H22N2O3S. The van der Waals surface area contributed by atoms with E-state index in [-0.39, 0.29) is 5.91 Å². The van der Waals surface area contributed by atoms with Gasteiger partial charge in [-0.05, 0) is 37.5 Å². The molecular weight excluding hydrogens is 312 g/mol. The Morgan fingerprint density at radius 2 is 1.91 bits per heavy atom. The highest BCUT2D eigenvalue weighted by atomic mass is 32.1. The van der Waals surface area contributed by atoms with Gasteiger partial charge in [0.05, 0.1) is 19.2 Å². The first kappa shape index (κ1) is 17.3. The number of amides is 1. The highest BCUT2D eigenvalue weighted by Gasteiger charge is 2.23. The lowest BCUT2D eigenvalue weighted by Gasteiger charge is -2.03. The quantitative estimate of drug-likeness (QED) is 0.797. The summed E-state index contributed by atoms with van der Waals surface area (Å²) in [7, 11) is 1.34. The van der Waals surface area contributed by atoms with Gasteiger partial charge in [-0.25, -0.2) is 4.79 Å². The third kappa shape index (κ3) is 3.64. The van der Waals surface area contributed by atoms with E-state index in [4.69, 9.17) is 4.74 Å². The molecule has 0 bridgehead atoms. The standard InChI is InChI=1S/C17H22N2O3S/c1-5-11-7-8-12(23-11)9-18-16(20)15-10(3)14(17(21)22-4)13(6-2)19-15/h7-8,19H,5-6,9H2,1-4H3,(H,18,20). The molecule has 124 valence electrons. The number of hydrogen-bond donors (Lipinski definition) is 2. The van der Waals surface area contributed by atoms with Crippen molar-refractivity contribution in [2.75, 3.05) is 7.11 Å². The van der Waals surface area contributed by atoms with Gasteiger partial charge in [0.15, 0.2) is 0 Å². The van der Waals surface area contributed by atoms with Crippen LogP contribution in [-0.4, -0.2) is 24.0 Å². The number of aromatic amines is 1. The molecule has 23 heavy (non-hydrogen) atoms. The molecule has 0 aliphatic heterocycles. The summed E-state index contributed by atoms with van der Waals surface area (Å²) in [6, 6.07) is 4.11. The Morgan fingerprint density at radius 1 is 1.22 bits per heavy atom. The smallest absolute Gasteiger partial charge is 0.339 e. The maximum atomic E-state index is 12.4. The molecule has 0 aliphatic carbocycles. The van der Waals surface area contributed by atoms with Gasteiger partial charge in [0.1, 0.15) is 5.69 Å². The zero-order valence-corrected chi connectivity index (χ0v) is 14.7. The number of hydrogen-bond acceptors (Lipinski definition) is 4. The van der Waals surface area contributed by atoms with Gasteiger partial charge in [0.2, 0.25) is 0 Å². The molecule has 0 spiro atoms. The molecule has 5 nitrogen and oxygen atoms in total. The molecule has 2 rings (SSSR count). The Kier molecular flexibility index (Phi) is 5.60. The molecule has 0 atom stereocenters. The SMILES string of the molecule is CCc1ccc(CNC(=O)c2[nH]c(CC)c(C(=O)OC)c2C)s1. The monoisotopic (exact) mass is 334 g/mol. The number of aromatic nitrogens is 1. The van der Waals surface area contributed by atoms with Crippen LogP contribution in [0.5, 0.6) is 0 Å². The first-order chi connectivity index (χ1) is 11.0. The fraction of sp³-hybridized carbons (Fsp3) is 0.412. The molecule has 0 unspecified atom stereocenters. The van der Waals surface area contributed by atoms with Gasteiger partial charge in [0, 0.05) is 15.4 Å². The average Bonchev–Trinajstić information content (AvgIpc) is 3.15. The van der Waals surface area contributed by atoms with Crippen molar-refractivity contribution in [3.63, 3.8) is 0 Å². The van der Waals surface area contributed by atoms with Crippen LogP contribution in [0.2, 0.25) is 0 Å². The summed E-state index contributed by atoms with van der Waals surface area (Å²) in [5, 5.41) is 2.90. The number of aryl methyl sites for hydroxylation is 2. The normalized spacial score (nSPS) is 10.6. The first-order valence-electron chi connectivity index (χ1n) is 7.67. The summed E-state index contributed by atoms with van der Waals surface area (Å²) in [6.07, 6.45) is 1.63. The van der Waals surface area contributed by atoms with E-state index in [1.165, 1.54) is 12.0 Å². The van der Waals surface area contributed by atoms with Gasteiger partial charge >= 0.3 is 5.97 Å². The number of esters is 1. The van der Waals surface area contributed by atoms with Crippen molar-refractivity contribution >= 4 is 23.2 Å². The predicted octanol–water partition coefficient (Wildman–Crippen LogP) is 3.23. The predicted molar refractivity (Wildman–Crippen MR) is 91.1 cm³/mol. The molecule has 0 saturated heterocycles. The van der Waals surface area contributed by atoms with Crippen molar-refractivity contribution in [2.24, 2.45) is 0 Å². The maximum Gasteiger partial charge on any atom is 0.339 e. The van der Waals surface area contributed by atoms with Gasteiger partial charge in [-0.2, -0.15) is 0 Å². The van der Waals surface area contributed by atoms with Crippen molar-refractivity contribution in [3.8, 4) is 0 Å². The van der Waals surface area contributed by atoms with Crippen LogP contribution in [0.4, 0.5) is 0 Å². The fourth-order valence-corrected chi connectivity index (χ4v) is 3.39. The minimum absolute atomic E-state index is 0.209. The number of thiophene rings is 1. The highest BCUT2D eigenvalue weighted by Crippen LogP contribution is 2.21. The summed E-state index contributed by atoms with van der Waals surface area (Å²) in [5.41, 5.74) is 2.24. The minimum atomic E-state index is -0.416. The summed E-state index contributed by atoms with van der Waals surface area (Å²) >= 11 is 1.70. The molecule has 2 N–H and O–H groups in total. The number of ether oxygens (including phenoxy) is 1. The third-order valence-electron chi connectivity index (χ3n) is 3.79. The summed E-state index contributed by atoms with van der Waals surface area (Å²) in [6.45, 7) is 6.28. The van der Waals surface area contributed by atoms with E-state index in [1.807, 2.05) is 13.0 Å². The van der Waals surface area contributed by atoms with Gasteiger partial charge in [-0.15, -0.1) is 11.3 Å². The van der Waals surface area contributed by atoms with Crippen molar-refractivity contribution < 1.29 is 14.3 Å². The van der Waals surface area contributed by atoms with E-state index in [9.17, 15) is 9.59 Å². The van der Waals surface area contributed by atoms with Crippen molar-refractivity contribution in [1.82, 2.24) is 10.3 Å².